The Labute approximate surface area is 140 Å². The van der Waals surface area contributed by atoms with Gasteiger partial charge in [-0.1, -0.05) is 32.6 Å². The quantitative estimate of drug-likeness (QED) is 0.534. The Morgan fingerprint density at radius 2 is 1.61 bits per heavy atom. The Hall–Kier alpha value is -0.820. The maximum Gasteiger partial charge on any atom is 0.137 e. The van der Waals surface area contributed by atoms with Crippen LogP contribution >= 0.6 is 0 Å². The molecule has 1 saturated carbocycles. The molecule has 0 aromatic rings. The monoisotopic (exact) mass is 326 g/mol. The Morgan fingerprint density at radius 1 is 1.04 bits per heavy atom. The number of likely N-dealkylation sites (N-methyl/N-ethyl adjacent to an activating group) is 1. The highest BCUT2D eigenvalue weighted by atomic mass is 16.1. The average molecular weight is 326 g/mol. The van der Waals surface area contributed by atoms with E-state index in [2.05, 4.69) is 15.8 Å². The van der Waals surface area contributed by atoms with Gasteiger partial charge in [-0.05, 0) is 45.2 Å². The predicted octanol–water partition coefficient (Wildman–Crippen LogP) is 1.41. The Balaban J connectivity index is 0.000000187. The van der Waals surface area contributed by atoms with Crippen LogP contribution in [0.15, 0.2) is 0 Å². The number of rotatable bonds is 3. The molecule has 2 atom stereocenters. The number of nitrogens with one attached hydrogen (secondary N) is 2. The molecule has 0 radical (unpaired) electrons. The Kier molecular flexibility index (Phi) is 10.3. The van der Waals surface area contributed by atoms with Gasteiger partial charge in [0.25, 0.3) is 0 Å². The van der Waals surface area contributed by atoms with E-state index in [4.69, 9.17) is 5.73 Å². The second-order valence-corrected chi connectivity index (χ2v) is 6.84. The predicted molar refractivity (Wildman–Crippen MR) is 92.4 cm³/mol. The summed E-state index contributed by atoms with van der Waals surface area (Å²) in [4.78, 5) is 22.9. The zero-order valence-electron chi connectivity index (χ0n) is 14.7. The van der Waals surface area contributed by atoms with Crippen molar-refractivity contribution >= 4 is 12.6 Å². The number of hydrogen-bond donors (Lipinski definition) is 3. The van der Waals surface area contributed by atoms with Crippen LogP contribution < -0.4 is 16.6 Å². The third kappa shape index (κ3) is 9.15. The standard InChI is InChI=1S/C9H16O.C7H13NO.CH5N3/c1-8(7-10)9-5-3-2-4-6-9;1-8-5-3-2-4-7(8)6-9;2-1-3-4-1/h7-9H,2-6H2,1H3;6-7H,2-5H2,1H3;1,3-4H,2H2. The van der Waals surface area contributed by atoms with Gasteiger partial charge < -0.3 is 15.3 Å². The fraction of sp³-hybridized carbons (Fsp3) is 0.882. The zero-order chi connectivity index (χ0) is 17.1. The van der Waals surface area contributed by atoms with Crippen molar-refractivity contribution in [3.8, 4) is 0 Å². The average Bonchev–Trinajstić information content (AvgIpc) is 3.39. The van der Waals surface area contributed by atoms with Crippen LogP contribution in [-0.4, -0.2) is 43.4 Å². The van der Waals surface area contributed by atoms with Crippen LogP contribution in [0.4, 0.5) is 0 Å². The van der Waals surface area contributed by atoms with Gasteiger partial charge in [0.1, 0.15) is 18.9 Å². The lowest BCUT2D eigenvalue weighted by atomic mass is 9.82. The van der Waals surface area contributed by atoms with Crippen molar-refractivity contribution in [1.82, 2.24) is 15.8 Å². The SMILES string of the molecule is CC(C=O)C1CCCCC1.CN1CCCCC1C=O.NC1NN1. The molecule has 2 saturated heterocycles. The first-order valence-electron chi connectivity index (χ1n) is 8.96. The van der Waals surface area contributed by atoms with Crippen molar-refractivity contribution in [2.24, 2.45) is 17.6 Å². The highest BCUT2D eigenvalue weighted by molar-refractivity contribution is 5.57. The van der Waals surface area contributed by atoms with E-state index in [1.54, 1.807) is 0 Å². The molecule has 4 N–H and O–H groups in total. The van der Waals surface area contributed by atoms with Crippen LogP contribution in [0.3, 0.4) is 0 Å². The van der Waals surface area contributed by atoms with Gasteiger partial charge in [0.2, 0.25) is 0 Å². The minimum Gasteiger partial charge on any atom is -0.303 e. The third-order valence-corrected chi connectivity index (χ3v) is 4.90. The van der Waals surface area contributed by atoms with Crippen LogP contribution in [0.5, 0.6) is 0 Å². The molecule has 6 nitrogen and oxygen atoms in total. The normalized spacial score (nSPS) is 26.8. The van der Waals surface area contributed by atoms with Crippen molar-refractivity contribution < 1.29 is 9.59 Å². The number of likely N-dealkylation sites (tertiary alicyclic amines) is 1. The smallest absolute Gasteiger partial charge is 0.137 e. The van der Waals surface area contributed by atoms with E-state index in [9.17, 15) is 9.59 Å². The summed E-state index contributed by atoms with van der Waals surface area (Å²) in [5, 5.41) is 0. The molecule has 3 rings (SSSR count). The van der Waals surface area contributed by atoms with E-state index in [-0.39, 0.29) is 12.3 Å². The topological polar surface area (TPSA) is 107 Å². The summed E-state index contributed by atoms with van der Waals surface area (Å²) in [6.07, 6.45) is 12.4. The summed E-state index contributed by atoms with van der Waals surface area (Å²) in [6, 6.07) is 0.207. The molecular weight excluding hydrogens is 292 g/mol. The van der Waals surface area contributed by atoms with Crippen molar-refractivity contribution in [2.45, 2.75) is 70.6 Å². The van der Waals surface area contributed by atoms with Gasteiger partial charge in [-0.2, -0.15) is 0 Å². The molecule has 2 heterocycles. The van der Waals surface area contributed by atoms with Gasteiger partial charge in [0.05, 0.1) is 6.04 Å². The second kappa shape index (κ2) is 11.7. The first-order valence-corrected chi connectivity index (χ1v) is 8.96. The fourth-order valence-corrected chi connectivity index (χ4v) is 3.09. The number of aldehydes is 2. The van der Waals surface area contributed by atoms with Gasteiger partial charge in [-0.3, -0.25) is 4.90 Å². The van der Waals surface area contributed by atoms with Crippen molar-refractivity contribution in [2.75, 3.05) is 13.6 Å². The summed E-state index contributed by atoms with van der Waals surface area (Å²) in [6.45, 7) is 3.13. The lowest BCUT2D eigenvalue weighted by Crippen LogP contribution is -2.37. The molecule has 3 fully saturated rings. The van der Waals surface area contributed by atoms with Crippen LogP contribution in [-0.2, 0) is 9.59 Å². The first-order chi connectivity index (χ1) is 11.1. The molecule has 1 aliphatic carbocycles. The van der Waals surface area contributed by atoms with Crippen molar-refractivity contribution in [3.05, 3.63) is 0 Å². The third-order valence-electron chi connectivity index (χ3n) is 4.90. The van der Waals surface area contributed by atoms with Crippen LogP contribution in [0, 0.1) is 11.8 Å². The highest BCUT2D eigenvalue weighted by Crippen LogP contribution is 2.28. The summed E-state index contributed by atoms with van der Waals surface area (Å²) in [7, 11) is 2.01. The summed E-state index contributed by atoms with van der Waals surface area (Å²) < 4.78 is 0. The molecule has 134 valence electrons. The van der Waals surface area contributed by atoms with Crippen LogP contribution in [0.1, 0.15) is 58.3 Å². The lowest BCUT2D eigenvalue weighted by molar-refractivity contribution is -0.113. The molecule has 0 bridgehead atoms. The molecule has 0 aromatic carbocycles. The lowest BCUT2D eigenvalue weighted by Gasteiger charge is -2.27. The molecule has 2 unspecified atom stereocenters. The maximum absolute atomic E-state index is 10.4. The van der Waals surface area contributed by atoms with E-state index >= 15 is 0 Å². The number of carbonyl (C=O) groups excluding carboxylic acids is 2. The number of hydrazine groups is 1. The molecule has 23 heavy (non-hydrogen) atoms. The van der Waals surface area contributed by atoms with E-state index < -0.39 is 0 Å². The number of hydrogen-bond acceptors (Lipinski definition) is 6. The fourth-order valence-electron chi connectivity index (χ4n) is 3.09. The van der Waals surface area contributed by atoms with E-state index in [1.807, 2.05) is 14.0 Å². The maximum atomic E-state index is 10.4. The minimum atomic E-state index is 0.0833. The first kappa shape index (κ1) is 20.2. The number of carbonyl (C=O) groups is 2. The Bertz CT molecular complexity index is 331. The van der Waals surface area contributed by atoms with Gasteiger partial charge in [-0.15, -0.1) is 0 Å². The largest absolute Gasteiger partial charge is 0.303 e. The van der Waals surface area contributed by atoms with E-state index in [1.165, 1.54) is 44.9 Å². The van der Waals surface area contributed by atoms with E-state index in [0.29, 0.717) is 11.8 Å². The summed E-state index contributed by atoms with van der Waals surface area (Å²) in [5.74, 6) is 1.01. The van der Waals surface area contributed by atoms with Gasteiger partial charge in [0, 0.05) is 5.92 Å². The number of piperidine rings is 1. The minimum absolute atomic E-state index is 0.0833. The molecule has 0 amide bonds. The molecule has 3 aliphatic rings. The van der Waals surface area contributed by atoms with Gasteiger partial charge in [0.15, 0.2) is 0 Å². The van der Waals surface area contributed by atoms with Crippen molar-refractivity contribution in [3.63, 3.8) is 0 Å². The molecule has 2 aliphatic heterocycles. The molecule has 0 spiro atoms. The van der Waals surface area contributed by atoms with E-state index in [0.717, 1.165) is 25.5 Å². The van der Waals surface area contributed by atoms with Crippen LogP contribution in [0.2, 0.25) is 0 Å². The van der Waals surface area contributed by atoms with Gasteiger partial charge >= 0.3 is 0 Å². The number of nitrogens with two attached hydrogens (primary N) is 1. The summed E-state index contributed by atoms with van der Waals surface area (Å²) >= 11 is 0. The number of nitrogens with zero attached hydrogens (tertiary/aromatic N) is 1. The zero-order valence-corrected chi connectivity index (χ0v) is 14.7. The second-order valence-electron chi connectivity index (χ2n) is 6.84. The molecule has 0 aromatic heterocycles. The van der Waals surface area contributed by atoms with Crippen molar-refractivity contribution in [1.29, 1.82) is 0 Å². The van der Waals surface area contributed by atoms with Crippen LogP contribution in [0.25, 0.3) is 0 Å². The van der Waals surface area contributed by atoms with Gasteiger partial charge in [-0.25, -0.2) is 10.9 Å². The molecule has 6 heteroatoms. The molecular formula is C17H34N4O2. The Morgan fingerprint density at radius 3 is 2.00 bits per heavy atom. The summed E-state index contributed by atoms with van der Waals surface area (Å²) in [5.41, 5.74) is 10.2. The highest BCUT2D eigenvalue weighted by Gasteiger charge is 2.18.